The van der Waals surface area contributed by atoms with Gasteiger partial charge < -0.3 is 14.8 Å². The number of hydrogen-bond donors (Lipinski definition) is 1. The Hall–Kier alpha value is -2.14. The third-order valence-corrected chi connectivity index (χ3v) is 4.57. The van der Waals surface area contributed by atoms with E-state index < -0.39 is 0 Å². The Morgan fingerprint density at radius 1 is 1.04 bits per heavy atom. The van der Waals surface area contributed by atoms with E-state index in [1.54, 1.807) is 0 Å². The highest BCUT2D eigenvalue weighted by atomic mass is 32.2. The largest absolute Gasteiger partial charge is 0.490 e. The van der Waals surface area contributed by atoms with Crippen molar-refractivity contribution in [1.82, 2.24) is 5.32 Å². The molecule has 0 spiro atoms. The normalized spacial score (nSPS) is 11.6. The quantitative estimate of drug-likeness (QED) is 0.672. The molecule has 0 heterocycles. The molecular formula is C20H25NO3S. The van der Waals surface area contributed by atoms with E-state index in [-0.39, 0.29) is 11.9 Å². The lowest BCUT2D eigenvalue weighted by atomic mass is 10.1. The maximum atomic E-state index is 12.2. The Morgan fingerprint density at radius 2 is 1.72 bits per heavy atom. The zero-order chi connectivity index (χ0) is 18.1. The van der Waals surface area contributed by atoms with Gasteiger partial charge >= 0.3 is 0 Å². The van der Waals surface area contributed by atoms with Crippen LogP contribution in [-0.4, -0.2) is 24.9 Å². The molecule has 1 amide bonds. The number of hydrogen-bond acceptors (Lipinski definition) is 4. The number of carbonyl (C=O) groups excluding carboxylic acids is 1. The first-order chi connectivity index (χ1) is 12.1. The van der Waals surface area contributed by atoms with Gasteiger partial charge in [0.25, 0.3) is 0 Å². The van der Waals surface area contributed by atoms with Crippen LogP contribution >= 0.6 is 11.8 Å². The Bertz CT molecular complexity index is 676. The van der Waals surface area contributed by atoms with Crippen LogP contribution in [0.3, 0.4) is 0 Å². The minimum absolute atomic E-state index is 0.00759. The maximum absolute atomic E-state index is 12.2. The van der Waals surface area contributed by atoms with Gasteiger partial charge in [-0.25, -0.2) is 0 Å². The third-order valence-electron chi connectivity index (χ3n) is 3.56. The average Bonchev–Trinajstić information content (AvgIpc) is 2.62. The summed E-state index contributed by atoms with van der Waals surface area (Å²) in [4.78, 5) is 13.3. The van der Waals surface area contributed by atoms with Crippen molar-refractivity contribution in [2.75, 3.05) is 19.0 Å². The first-order valence-electron chi connectivity index (χ1n) is 8.50. The van der Waals surface area contributed by atoms with Gasteiger partial charge in [-0.1, -0.05) is 24.3 Å². The standard InChI is InChI=1S/C20H25NO3S/c1-4-23-18-12-11-16(13-19(18)24-5-2)15(3)21-20(22)14-25-17-9-7-6-8-10-17/h6-13,15H,4-5,14H2,1-3H3,(H,21,22)/t15-/m1/s1. The summed E-state index contributed by atoms with van der Waals surface area (Å²) in [5, 5.41) is 3.03. The molecule has 0 radical (unpaired) electrons. The van der Waals surface area contributed by atoms with Gasteiger partial charge in [0.05, 0.1) is 25.0 Å². The monoisotopic (exact) mass is 359 g/mol. The molecule has 4 nitrogen and oxygen atoms in total. The van der Waals surface area contributed by atoms with Gasteiger partial charge in [-0.3, -0.25) is 4.79 Å². The molecule has 0 aromatic heterocycles. The van der Waals surface area contributed by atoms with Crippen LogP contribution in [-0.2, 0) is 4.79 Å². The number of nitrogens with one attached hydrogen (secondary N) is 1. The van der Waals surface area contributed by atoms with Gasteiger partial charge in [0, 0.05) is 4.90 Å². The molecule has 2 aromatic carbocycles. The van der Waals surface area contributed by atoms with Gasteiger partial charge in [0.1, 0.15) is 0 Å². The smallest absolute Gasteiger partial charge is 0.230 e. The Morgan fingerprint density at radius 3 is 2.40 bits per heavy atom. The zero-order valence-electron chi connectivity index (χ0n) is 15.0. The highest BCUT2D eigenvalue weighted by Gasteiger charge is 2.13. The Labute approximate surface area is 153 Å². The molecule has 0 aliphatic heterocycles. The van der Waals surface area contributed by atoms with E-state index in [2.05, 4.69) is 5.32 Å². The van der Waals surface area contributed by atoms with Crippen molar-refractivity contribution in [3.05, 3.63) is 54.1 Å². The van der Waals surface area contributed by atoms with E-state index in [1.807, 2.05) is 69.3 Å². The summed E-state index contributed by atoms with van der Waals surface area (Å²) in [6, 6.07) is 15.6. The average molecular weight is 359 g/mol. The Balaban J connectivity index is 1.95. The molecule has 2 rings (SSSR count). The van der Waals surface area contributed by atoms with Crippen LogP contribution in [0.4, 0.5) is 0 Å². The third kappa shape index (κ3) is 6.02. The number of thioether (sulfide) groups is 1. The van der Waals surface area contributed by atoms with Crippen molar-refractivity contribution in [1.29, 1.82) is 0 Å². The molecule has 0 saturated carbocycles. The summed E-state index contributed by atoms with van der Waals surface area (Å²) in [7, 11) is 0. The predicted octanol–water partition coefficient (Wildman–Crippen LogP) is 4.45. The van der Waals surface area contributed by atoms with Crippen molar-refractivity contribution >= 4 is 17.7 Å². The maximum Gasteiger partial charge on any atom is 0.230 e. The second-order valence-corrected chi connectivity index (χ2v) is 6.51. The molecule has 5 heteroatoms. The Kier molecular flexibility index (Phi) is 7.67. The van der Waals surface area contributed by atoms with Crippen molar-refractivity contribution in [3.8, 4) is 11.5 Å². The molecule has 0 saturated heterocycles. The second kappa shape index (κ2) is 9.99. The lowest BCUT2D eigenvalue weighted by Gasteiger charge is -2.17. The molecule has 1 atom stereocenters. The molecule has 0 aliphatic rings. The molecular weight excluding hydrogens is 334 g/mol. The van der Waals surface area contributed by atoms with E-state index >= 15 is 0 Å². The van der Waals surface area contributed by atoms with E-state index in [1.165, 1.54) is 11.8 Å². The lowest BCUT2D eigenvalue weighted by Crippen LogP contribution is -2.28. The van der Waals surface area contributed by atoms with Crippen molar-refractivity contribution < 1.29 is 14.3 Å². The number of amides is 1. The molecule has 0 bridgehead atoms. The number of ether oxygens (including phenoxy) is 2. The van der Waals surface area contributed by atoms with Crippen LogP contribution < -0.4 is 14.8 Å². The molecule has 0 unspecified atom stereocenters. The fourth-order valence-corrected chi connectivity index (χ4v) is 3.10. The van der Waals surface area contributed by atoms with Crippen LogP contribution in [0.1, 0.15) is 32.4 Å². The van der Waals surface area contributed by atoms with E-state index in [9.17, 15) is 4.79 Å². The van der Waals surface area contributed by atoms with Crippen LogP contribution in [0.15, 0.2) is 53.4 Å². The minimum Gasteiger partial charge on any atom is -0.490 e. The summed E-state index contributed by atoms with van der Waals surface area (Å²) >= 11 is 1.53. The molecule has 25 heavy (non-hydrogen) atoms. The van der Waals surface area contributed by atoms with Crippen molar-refractivity contribution in [3.63, 3.8) is 0 Å². The second-order valence-electron chi connectivity index (χ2n) is 5.46. The molecule has 0 fully saturated rings. The van der Waals surface area contributed by atoms with E-state index in [0.29, 0.717) is 24.7 Å². The highest BCUT2D eigenvalue weighted by molar-refractivity contribution is 8.00. The van der Waals surface area contributed by atoms with Gasteiger partial charge in [-0.15, -0.1) is 11.8 Å². The number of carbonyl (C=O) groups is 1. The molecule has 2 aromatic rings. The molecule has 134 valence electrons. The number of benzene rings is 2. The highest BCUT2D eigenvalue weighted by Crippen LogP contribution is 2.30. The first-order valence-corrected chi connectivity index (χ1v) is 9.49. The predicted molar refractivity (Wildman–Crippen MR) is 103 cm³/mol. The van der Waals surface area contributed by atoms with E-state index in [4.69, 9.17) is 9.47 Å². The summed E-state index contributed by atoms with van der Waals surface area (Å²) in [5.41, 5.74) is 0.991. The zero-order valence-corrected chi connectivity index (χ0v) is 15.8. The fourth-order valence-electron chi connectivity index (χ4n) is 2.37. The van der Waals surface area contributed by atoms with Crippen LogP contribution in [0.5, 0.6) is 11.5 Å². The van der Waals surface area contributed by atoms with Crippen LogP contribution in [0, 0.1) is 0 Å². The van der Waals surface area contributed by atoms with Crippen molar-refractivity contribution in [2.45, 2.75) is 31.7 Å². The van der Waals surface area contributed by atoms with E-state index in [0.717, 1.165) is 16.2 Å². The van der Waals surface area contributed by atoms with Gasteiger partial charge in [-0.05, 0) is 50.6 Å². The molecule has 1 N–H and O–H groups in total. The van der Waals surface area contributed by atoms with Crippen molar-refractivity contribution in [2.24, 2.45) is 0 Å². The molecule has 0 aliphatic carbocycles. The van der Waals surface area contributed by atoms with Crippen LogP contribution in [0.2, 0.25) is 0 Å². The van der Waals surface area contributed by atoms with Gasteiger partial charge in [0.15, 0.2) is 11.5 Å². The van der Waals surface area contributed by atoms with Gasteiger partial charge in [-0.2, -0.15) is 0 Å². The summed E-state index contributed by atoms with van der Waals surface area (Å²) in [6.07, 6.45) is 0. The topological polar surface area (TPSA) is 47.6 Å². The van der Waals surface area contributed by atoms with Crippen LogP contribution in [0.25, 0.3) is 0 Å². The summed E-state index contributed by atoms with van der Waals surface area (Å²) in [5.74, 6) is 1.84. The summed E-state index contributed by atoms with van der Waals surface area (Å²) in [6.45, 7) is 7.00. The lowest BCUT2D eigenvalue weighted by molar-refractivity contribution is -0.119. The SMILES string of the molecule is CCOc1ccc([C@@H](C)NC(=O)CSc2ccccc2)cc1OCC. The summed E-state index contributed by atoms with van der Waals surface area (Å²) < 4.78 is 11.2. The number of rotatable bonds is 9. The minimum atomic E-state index is -0.0984. The fraction of sp³-hybridized carbons (Fsp3) is 0.350. The van der Waals surface area contributed by atoms with Gasteiger partial charge in [0.2, 0.25) is 5.91 Å². The first kappa shape index (κ1) is 19.2.